The number of aromatic nitrogens is 3. The van der Waals surface area contributed by atoms with Crippen LogP contribution in [0.4, 0.5) is 5.82 Å². The molecule has 1 saturated heterocycles. The number of piperidine rings is 1. The molecule has 7 nitrogen and oxygen atoms in total. The van der Waals surface area contributed by atoms with Crippen LogP contribution in [0.3, 0.4) is 0 Å². The van der Waals surface area contributed by atoms with Gasteiger partial charge in [0.25, 0.3) is 0 Å². The number of aryl methyl sites for hydroxylation is 1. The molecule has 2 aliphatic carbocycles. The molecule has 3 aromatic rings. The summed E-state index contributed by atoms with van der Waals surface area (Å²) in [4.78, 5) is 16.6. The first-order valence-electron chi connectivity index (χ1n) is 11.2. The molecule has 6 rings (SSSR count). The number of nitrogens with zero attached hydrogens (tertiary/aromatic N) is 3. The number of nitrogens with one attached hydrogen (secondary N) is 2. The van der Waals surface area contributed by atoms with E-state index in [9.17, 15) is 4.79 Å². The fraction of sp³-hybridized carbons (Fsp3) is 0.458. The van der Waals surface area contributed by atoms with Gasteiger partial charge in [-0.3, -0.25) is 9.78 Å². The van der Waals surface area contributed by atoms with Gasteiger partial charge in [0, 0.05) is 47.4 Å². The van der Waals surface area contributed by atoms with Gasteiger partial charge in [-0.15, -0.1) is 0 Å². The molecule has 31 heavy (non-hydrogen) atoms. The van der Waals surface area contributed by atoms with E-state index in [1.165, 1.54) is 19.3 Å². The summed E-state index contributed by atoms with van der Waals surface area (Å²) in [7, 11) is 0. The summed E-state index contributed by atoms with van der Waals surface area (Å²) in [6.07, 6.45) is 9.42. The molecular formula is C24H27N5O2. The molecule has 0 aromatic carbocycles. The van der Waals surface area contributed by atoms with Gasteiger partial charge in [-0.05, 0) is 62.8 Å². The highest BCUT2D eigenvalue weighted by molar-refractivity contribution is 5.93. The Kier molecular flexibility index (Phi) is 4.28. The number of fused-ring (bicyclic) bond motifs is 3. The molecule has 2 N–H and O–H groups in total. The van der Waals surface area contributed by atoms with E-state index in [0.29, 0.717) is 11.9 Å². The van der Waals surface area contributed by atoms with E-state index in [-0.39, 0.29) is 17.2 Å². The Morgan fingerprint density at radius 3 is 2.97 bits per heavy atom. The smallest absolute Gasteiger partial charge is 0.228 e. The van der Waals surface area contributed by atoms with Crippen LogP contribution in [0, 0.1) is 18.3 Å². The van der Waals surface area contributed by atoms with Gasteiger partial charge in [0.2, 0.25) is 5.91 Å². The molecule has 3 aliphatic rings. The van der Waals surface area contributed by atoms with Gasteiger partial charge in [0.15, 0.2) is 5.82 Å². The standard InChI is InChI=1S/C24H27N5O2/c1-15-8-20(21(12-25-15)31-14-24-6-4-18(11-24)26-13-24)17-5-7-29-19(9-17)10-22(28-29)27-23(30)16-2-3-16/h5,7-10,12,16,18,26H,2-4,6,11,13-14H2,1H3,(H,27,28,30)/t18-,24-/m1/s1. The average molecular weight is 418 g/mol. The molecule has 2 atom stereocenters. The monoisotopic (exact) mass is 417 g/mol. The van der Waals surface area contributed by atoms with E-state index in [4.69, 9.17) is 4.74 Å². The zero-order valence-corrected chi connectivity index (χ0v) is 17.7. The van der Waals surface area contributed by atoms with Gasteiger partial charge in [-0.1, -0.05) is 0 Å². The van der Waals surface area contributed by atoms with Gasteiger partial charge in [-0.2, -0.15) is 5.10 Å². The van der Waals surface area contributed by atoms with E-state index < -0.39 is 0 Å². The Morgan fingerprint density at radius 2 is 2.23 bits per heavy atom. The summed E-state index contributed by atoms with van der Waals surface area (Å²) in [6, 6.07) is 8.78. The van der Waals surface area contributed by atoms with Gasteiger partial charge in [-0.25, -0.2) is 4.52 Å². The van der Waals surface area contributed by atoms with Gasteiger partial charge < -0.3 is 15.4 Å². The lowest BCUT2D eigenvalue weighted by molar-refractivity contribution is -0.117. The van der Waals surface area contributed by atoms with E-state index in [1.807, 2.05) is 31.5 Å². The number of carbonyl (C=O) groups excluding carboxylic acids is 1. The van der Waals surface area contributed by atoms with E-state index in [1.54, 1.807) is 4.52 Å². The van der Waals surface area contributed by atoms with Crippen LogP contribution in [-0.2, 0) is 4.79 Å². The maximum absolute atomic E-state index is 12.1. The van der Waals surface area contributed by atoms with Crippen LogP contribution in [0.1, 0.15) is 37.8 Å². The summed E-state index contributed by atoms with van der Waals surface area (Å²) in [6.45, 7) is 3.77. The van der Waals surface area contributed by atoms with Crippen molar-refractivity contribution in [1.29, 1.82) is 0 Å². The summed E-state index contributed by atoms with van der Waals surface area (Å²) >= 11 is 0. The number of hydrogen-bond acceptors (Lipinski definition) is 5. The van der Waals surface area contributed by atoms with E-state index in [0.717, 1.165) is 54.1 Å². The van der Waals surface area contributed by atoms with Crippen LogP contribution in [0.15, 0.2) is 36.7 Å². The highest BCUT2D eigenvalue weighted by Crippen LogP contribution is 2.43. The second kappa shape index (κ2) is 7.05. The molecule has 3 fully saturated rings. The molecule has 0 radical (unpaired) electrons. The summed E-state index contributed by atoms with van der Waals surface area (Å²) < 4.78 is 8.17. The van der Waals surface area contributed by atoms with Crippen molar-refractivity contribution in [3.05, 3.63) is 42.4 Å². The minimum Gasteiger partial charge on any atom is -0.491 e. The van der Waals surface area contributed by atoms with E-state index >= 15 is 0 Å². The number of ether oxygens (including phenoxy) is 1. The minimum atomic E-state index is 0.0685. The summed E-state index contributed by atoms with van der Waals surface area (Å²) in [5.41, 5.74) is 4.24. The predicted molar refractivity (Wildman–Crippen MR) is 118 cm³/mol. The van der Waals surface area contributed by atoms with Crippen molar-refractivity contribution in [3.8, 4) is 16.9 Å². The lowest BCUT2D eigenvalue weighted by Gasteiger charge is -2.26. The highest BCUT2D eigenvalue weighted by atomic mass is 16.5. The maximum atomic E-state index is 12.1. The second-order valence-corrected chi connectivity index (χ2v) is 9.51. The number of pyridine rings is 2. The lowest BCUT2D eigenvalue weighted by Crippen LogP contribution is -2.33. The van der Waals surface area contributed by atoms with Gasteiger partial charge >= 0.3 is 0 Å². The maximum Gasteiger partial charge on any atom is 0.228 e. The first-order chi connectivity index (χ1) is 15.1. The molecule has 7 heteroatoms. The second-order valence-electron chi connectivity index (χ2n) is 9.51. The molecule has 1 aliphatic heterocycles. The lowest BCUT2D eigenvalue weighted by atomic mass is 9.89. The first-order valence-corrected chi connectivity index (χ1v) is 11.2. The van der Waals surface area contributed by atoms with Crippen LogP contribution >= 0.6 is 0 Å². The number of hydrogen-bond donors (Lipinski definition) is 2. The zero-order valence-electron chi connectivity index (χ0n) is 17.7. The van der Waals surface area contributed by atoms with E-state index in [2.05, 4.69) is 32.8 Å². The number of rotatable bonds is 6. The van der Waals surface area contributed by atoms with Crippen molar-refractivity contribution >= 4 is 17.2 Å². The number of carbonyl (C=O) groups is 1. The molecule has 0 unspecified atom stereocenters. The van der Waals surface area contributed by atoms with Crippen molar-refractivity contribution < 1.29 is 9.53 Å². The molecule has 2 saturated carbocycles. The van der Waals surface area contributed by atoms with Crippen LogP contribution < -0.4 is 15.4 Å². The molecule has 3 aromatic heterocycles. The van der Waals surface area contributed by atoms with Crippen molar-refractivity contribution in [2.75, 3.05) is 18.5 Å². The Hall–Kier alpha value is -2.93. The third-order valence-corrected chi connectivity index (χ3v) is 6.98. The minimum absolute atomic E-state index is 0.0685. The number of amides is 1. The Bertz CT molecular complexity index is 1160. The third-order valence-electron chi connectivity index (χ3n) is 6.98. The average Bonchev–Trinajstić information content (AvgIpc) is 3.27. The Labute approximate surface area is 181 Å². The zero-order chi connectivity index (χ0) is 21.0. The van der Waals surface area contributed by atoms with Gasteiger partial charge in [0.1, 0.15) is 5.75 Å². The number of anilines is 1. The molecule has 2 bridgehead atoms. The fourth-order valence-corrected chi connectivity index (χ4v) is 5.00. The van der Waals surface area contributed by atoms with Gasteiger partial charge in [0.05, 0.1) is 18.3 Å². The third kappa shape index (κ3) is 3.57. The quantitative estimate of drug-likeness (QED) is 0.641. The summed E-state index contributed by atoms with van der Waals surface area (Å²) in [5, 5.41) is 11.0. The van der Waals surface area contributed by atoms with Crippen molar-refractivity contribution in [2.24, 2.45) is 11.3 Å². The van der Waals surface area contributed by atoms with Crippen LogP contribution in [0.5, 0.6) is 5.75 Å². The van der Waals surface area contributed by atoms with Crippen molar-refractivity contribution in [3.63, 3.8) is 0 Å². The first kappa shape index (κ1) is 18.8. The topological polar surface area (TPSA) is 80.5 Å². The molecular weight excluding hydrogens is 390 g/mol. The SMILES string of the molecule is Cc1cc(-c2ccn3nc(NC(=O)C4CC4)cc3c2)c(OC[C@]23CC[C@H](C2)NC3)cn1. The van der Waals surface area contributed by atoms with Crippen molar-refractivity contribution in [2.45, 2.75) is 45.1 Å². The normalized spacial score (nSPS) is 24.6. The predicted octanol–water partition coefficient (Wildman–Crippen LogP) is 3.57. The Balaban J connectivity index is 1.27. The summed E-state index contributed by atoms with van der Waals surface area (Å²) in [5.74, 6) is 1.64. The fourth-order valence-electron chi connectivity index (χ4n) is 5.00. The Morgan fingerprint density at radius 1 is 1.32 bits per heavy atom. The van der Waals surface area contributed by atoms with Crippen molar-refractivity contribution in [1.82, 2.24) is 19.9 Å². The molecule has 1 amide bonds. The largest absolute Gasteiger partial charge is 0.491 e. The van der Waals surface area contributed by atoms with Crippen LogP contribution in [-0.4, -0.2) is 39.7 Å². The molecule has 0 spiro atoms. The van der Waals surface area contributed by atoms with Crippen LogP contribution in [0.25, 0.3) is 16.6 Å². The molecule has 160 valence electrons. The van der Waals surface area contributed by atoms with Crippen LogP contribution in [0.2, 0.25) is 0 Å². The molecule has 4 heterocycles. The highest BCUT2D eigenvalue weighted by Gasteiger charge is 2.45.